The highest BCUT2D eigenvalue weighted by Gasteiger charge is 2.10. The molecule has 1 aromatic carbocycles. The number of fused-ring (bicyclic) bond motifs is 1. The second-order valence-corrected chi connectivity index (χ2v) is 5.43. The van der Waals surface area contributed by atoms with Gasteiger partial charge in [-0.3, -0.25) is 4.90 Å². The first-order chi connectivity index (χ1) is 8.33. The summed E-state index contributed by atoms with van der Waals surface area (Å²) in [6, 6.07) is 6.75. The lowest BCUT2D eigenvalue weighted by atomic mass is 10.1. The molecule has 17 heavy (non-hydrogen) atoms. The number of rotatable bonds is 2. The molecule has 0 bridgehead atoms. The minimum atomic E-state index is 1.06. The SMILES string of the molecule is Cc1nsc2ccc(CN3CCNCC3)cc12. The molecule has 1 aromatic heterocycles. The van der Waals surface area contributed by atoms with Crippen LogP contribution in [0.25, 0.3) is 10.1 Å². The second kappa shape index (κ2) is 4.72. The number of aromatic nitrogens is 1. The maximum Gasteiger partial charge on any atom is 0.0590 e. The molecule has 1 saturated heterocycles. The number of hydrogen-bond donors (Lipinski definition) is 1. The summed E-state index contributed by atoms with van der Waals surface area (Å²) in [7, 11) is 0. The Morgan fingerprint density at radius 2 is 2.18 bits per heavy atom. The Kier molecular flexibility index (Phi) is 3.09. The molecule has 4 heteroatoms. The van der Waals surface area contributed by atoms with Gasteiger partial charge in [0, 0.05) is 38.1 Å². The van der Waals surface area contributed by atoms with Gasteiger partial charge in [0.25, 0.3) is 0 Å². The van der Waals surface area contributed by atoms with E-state index in [9.17, 15) is 0 Å². The van der Waals surface area contributed by atoms with E-state index >= 15 is 0 Å². The number of piperazine rings is 1. The third-order valence-electron chi connectivity index (χ3n) is 3.33. The van der Waals surface area contributed by atoms with Crippen LogP contribution in [-0.2, 0) is 6.54 Å². The Hall–Kier alpha value is -0.970. The lowest BCUT2D eigenvalue weighted by molar-refractivity contribution is 0.233. The van der Waals surface area contributed by atoms with E-state index in [1.54, 1.807) is 11.5 Å². The second-order valence-electron chi connectivity index (χ2n) is 4.62. The van der Waals surface area contributed by atoms with E-state index in [0.717, 1.165) is 38.4 Å². The maximum absolute atomic E-state index is 4.40. The molecule has 0 saturated carbocycles. The zero-order valence-electron chi connectivity index (χ0n) is 10.1. The first kappa shape index (κ1) is 11.1. The van der Waals surface area contributed by atoms with Gasteiger partial charge in [0.1, 0.15) is 0 Å². The largest absolute Gasteiger partial charge is 0.314 e. The smallest absolute Gasteiger partial charge is 0.0590 e. The molecule has 2 heterocycles. The predicted octanol–water partition coefficient (Wildman–Crippen LogP) is 2.01. The fraction of sp³-hybridized carbons (Fsp3) is 0.462. The summed E-state index contributed by atoms with van der Waals surface area (Å²) in [6.45, 7) is 7.68. The summed E-state index contributed by atoms with van der Waals surface area (Å²) in [5.74, 6) is 0. The van der Waals surface area contributed by atoms with Gasteiger partial charge in [0.15, 0.2) is 0 Å². The molecule has 1 aliphatic rings. The first-order valence-corrected chi connectivity index (χ1v) is 6.88. The lowest BCUT2D eigenvalue weighted by Crippen LogP contribution is -2.42. The summed E-state index contributed by atoms with van der Waals surface area (Å²) in [5.41, 5.74) is 2.56. The van der Waals surface area contributed by atoms with Crippen LogP contribution < -0.4 is 5.32 Å². The van der Waals surface area contributed by atoms with Gasteiger partial charge in [-0.05, 0) is 36.2 Å². The molecular weight excluding hydrogens is 230 g/mol. The van der Waals surface area contributed by atoms with Gasteiger partial charge in [-0.2, -0.15) is 4.37 Å². The topological polar surface area (TPSA) is 28.2 Å². The molecule has 0 radical (unpaired) electrons. The molecule has 1 fully saturated rings. The van der Waals surface area contributed by atoms with Crippen LogP contribution in [0, 0.1) is 6.92 Å². The average Bonchev–Trinajstić information content (AvgIpc) is 2.73. The van der Waals surface area contributed by atoms with Gasteiger partial charge in [0.05, 0.1) is 10.4 Å². The van der Waals surface area contributed by atoms with Gasteiger partial charge in [-0.15, -0.1) is 0 Å². The molecule has 0 atom stereocenters. The Morgan fingerprint density at radius 3 is 3.00 bits per heavy atom. The van der Waals surface area contributed by atoms with Crippen molar-refractivity contribution in [3.05, 3.63) is 29.5 Å². The van der Waals surface area contributed by atoms with Gasteiger partial charge < -0.3 is 5.32 Å². The first-order valence-electron chi connectivity index (χ1n) is 6.11. The highest BCUT2D eigenvalue weighted by Crippen LogP contribution is 2.23. The van der Waals surface area contributed by atoms with Crippen molar-refractivity contribution in [2.24, 2.45) is 0 Å². The van der Waals surface area contributed by atoms with Gasteiger partial charge in [-0.1, -0.05) is 6.07 Å². The lowest BCUT2D eigenvalue weighted by Gasteiger charge is -2.27. The van der Waals surface area contributed by atoms with Crippen molar-refractivity contribution in [3.8, 4) is 0 Å². The van der Waals surface area contributed by atoms with E-state index in [0.29, 0.717) is 0 Å². The van der Waals surface area contributed by atoms with E-state index in [1.165, 1.54) is 15.6 Å². The monoisotopic (exact) mass is 247 g/mol. The molecule has 1 N–H and O–H groups in total. The third kappa shape index (κ3) is 2.34. The van der Waals surface area contributed by atoms with Crippen LogP contribution >= 0.6 is 11.5 Å². The third-order valence-corrected chi connectivity index (χ3v) is 4.25. The Balaban J connectivity index is 1.82. The van der Waals surface area contributed by atoms with E-state index in [-0.39, 0.29) is 0 Å². The predicted molar refractivity (Wildman–Crippen MR) is 72.5 cm³/mol. The van der Waals surface area contributed by atoms with E-state index in [4.69, 9.17) is 0 Å². The molecule has 0 spiro atoms. The zero-order valence-corrected chi connectivity index (χ0v) is 10.9. The summed E-state index contributed by atoms with van der Waals surface area (Å²) in [5, 5.41) is 4.71. The summed E-state index contributed by atoms with van der Waals surface area (Å²) in [4.78, 5) is 2.51. The van der Waals surface area contributed by atoms with Crippen molar-refractivity contribution in [2.45, 2.75) is 13.5 Å². The number of hydrogen-bond acceptors (Lipinski definition) is 4. The van der Waals surface area contributed by atoms with Crippen LogP contribution in [-0.4, -0.2) is 35.5 Å². The minimum Gasteiger partial charge on any atom is -0.314 e. The van der Waals surface area contributed by atoms with Gasteiger partial charge in [0.2, 0.25) is 0 Å². The van der Waals surface area contributed by atoms with E-state index < -0.39 is 0 Å². The van der Waals surface area contributed by atoms with Gasteiger partial charge in [-0.25, -0.2) is 0 Å². The van der Waals surface area contributed by atoms with Crippen molar-refractivity contribution in [1.82, 2.24) is 14.6 Å². The number of benzene rings is 1. The van der Waals surface area contributed by atoms with Crippen molar-refractivity contribution >= 4 is 21.6 Å². The molecule has 90 valence electrons. The Morgan fingerprint density at radius 1 is 1.35 bits per heavy atom. The van der Waals surface area contributed by atoms with Crippen LogP contribution in [0.1, 0.15) is 11.3 Å². The fourth-order valence-electron chi connectivity index (χ4n) is 2.33. The molecule has 1 aliphatic heterocycles. The summed E-state index contributed by atoms with van der Waals surface area (Å²) in [6.07, 6.45) is 0. The zero-order chi connectivity index (χ0) is 11.7. The van der Waals surface area contributed by atoms with E-state index in [2.05, 4.69) is 39.7 Å². The Labute approximate surface area is 106 Å². The normalized spacial score (nSPS) is 17.7. The number of nitrogens with one attached hydrogen (secondary N) is 1. The van der Waals surface area contributed by atoms with Crippen LogP contribution in [0.3, 0.4) is 0 Å². The van der Waals surface area contributed by atoms with E-state index in [1.807, 2.05) is 0 Å². The van der Waals surface area contributed by atoms with Crippen LogP contribution in [0.15, 0.2) is 18.2 Å². The minimum absolute atomic E-state index is 1.06. The van der Waals surface area contributed by atoms with Crippen LogP contribution in [0.2, 0.25) is 0 Å². The standard InChI is InChI=1S/C13H17N3S/c1-10-12-8-11(2-3-13(12)17-15-10)9-16-6-4-14-5-7-16/h2-3,8,14H,4-7,9H2,1H3. The molecule has 0 amide bonds. The van der Waals surface area contributed by atoms with Crippen LogP contribution in [0.5, 0.6) is 0 Å². The molecule has 2 aromatic rings. The molecule has 3 rings (SSSR count). The highest BCUT2D eigenvalue weighted by molar-refractivity contribution is 7.13. The Bertz CT molecular complexity index is 514. The quantitative estimate of drug-likeness (QED) is 0.880. The molecular formula is C13H17N3S. The highest BCUT2D eigenvalue weighted by atomic mass is 32.1. The molecule has 0 aliphatic carbocycles. The van der Waals surface area contributed by atoms with Crippen molar-refractivity contribution in [2.75, 3.05) is 26.2 Å². The molecule has 0 unspecified atom stereocenters. The van der Waals surface area contributed by atoms with Crippen molar-refractivity contribution < 1.29 is 0 Å². The summed E-state index contributed by atoms with van der Waals surface area (Å²) < 4.78 is 5.70. The van der Waals surface area contributed by atoms with Gasteiger partial charge >= 0.3 is 0 Å². The summed E-state index contributed by atoms with van der Waals surface area (Å²) >= 11 is 1.60. The fourth-order valence-corrected chi connectivity index (χ4v) is 3.10. The molecule has 3 nitrogen and oxygen atoms in total. The van der Waals surface area contributed by atoms with Crippen molar-refractivity contribution in [1.29, 1.82) is 0 Å². The average molecular weight is 247 g/mol. The number of nitrogens with zero attached hydrogens (tertiary/aromatic N) is 2. The maximum atomic E-state index is 4.40. The number of aryl methyl sites for hydroxylation is 1. The van der Waals surface area contributed by atoms with Crippen LogP contribution in [0.4, 0.5) is 0 Å². The van der Waals surface area contributed by atoms with Crippen molar-refractivity contribution in [3.63, 3.8) is 0 Å².